The minimum atomic E-state index is -4.95. The number of benzene rings is 1. The fraction of sp³-hybridized carbons (Fsp3) is 0.621. The van der Waals surface area contributed by atoms with Crippen LogP contribution in [0.3, 0.4) is 0 Å². The van der Waals surface area contributed by atoms with Crippen molar-refractivity contribution in [2.45, 2.75) is 62.7 Å². The molecule has 7 rings (SSSR count). The van der Waals surface area contributed by atoms with E-state index in [9.17, 15) is 24.3 Å². The van der Waals surface area contributed by atoms with Gasteiger partial charge in [0.05, 0.1) is 45.6 Å². The van der Waals surface area contributed by atoms with Crippen molar-refractivity contribution in [3.05, 3.63) is 46.6 Å². The molecule has 0 saturated carbocycles. The van der Waals surface area contributed by atoms with Crippen LogP contribution in [0.5, 0.6) is 11.5 Å². The van der Waals surface area contributed by atoms with Crippen LogP contribution >= 0.6 is 7.82 Å². The first kappa shape index (κ1) is 30.8. The minimum absolute atomic E-state index is 0.0273. The highest BCUT2D eigenvalue weighted by atomic mass is 31.2. The summed E-state index contributed by atoms with van der Waals surface area (Å²) in [5.41, 5.74) is 1.48. The Morgan fingerprint density at radius 2 is 1.73 bits per heavy atom. The third-order valence-electron chi connectivity index (χ3n) is 9.22. The van der Waals surface area contributed by atoms with Crippen molar-refractivity contribution in [1.82, 2.24) is 0 Å². The number of methoxy groups -OCH3 is 2. The fourth-order valence-electron chi connectivity index (χ4n) is 7.36. The molecule has 2 aliphatic carbocycles. The number of hydrogen-bond donors (Lipinski definition) is 3. The number of allylic oxidation sites excluding steroid dienone is 2. The lowest BCUT2D eigenvalue weighted by molar-refractivity contribution is -0.338. The van der Waals surface area contributed by atoms with Crippen LogP contribution in [0, 0.1) is 17.8 Å². The molecule has 0 radical (unpaired) electrons. The number of phosphoric ester groups is 1. The topological polar surface area (TPSA) is 187 Å². The van der Waals surface area contributed by atoms with Crippen molar-refractivity contribution in [3.63, 3.8) is 0 Å². The number of carbonyl (C=O) groups excluding carboxylic acids is 1. The molecule has 1 aromatic rings. The van der Waals surface area contributed by atoms with Crippen LogP contribution in [0.25, 0.3) is 0 Å². The summed E-state index contributed by atoms with van der Waals surface area (Å²) in [4.78, 5) is 32.5. The van der Waals surface area contributed by atoms with Gasteiger partial charge in [0, 0.05) is 24.7 Å². The van der Waals surface area contributed by atoms with Crippen LogP contribution in [0.15, 0.2) is 35.5 Å². The third kappa shape index (κ3) is 5.59. The van der Waals surface area contributed by atoms with Gasteiger partial charge < -0.3 is 52.3 Å². The molecule has 0 spiro atoms. The Hall–Kier alpha value is -2.88. The number of rotatable bonds is 7. The molecule has 1 aromatic carbocycles. The summed E-state index contributed by atoms with van der Waals surface area (Å²) in [5, 5.41) is 10.9. The Morgan fingerprint density at radius 3 is 2.44 bits per heavy atom. The molecule has 4 heterocycles. The van der Waals surface area contributed by atoms with Gasteiger partial charge in [0.2, 0.25) is 12.6 Å². The smallest absolute Gasteiger partial charge is 0.497 e. The van der Waals surface area contributed by atoms with Gasteiger partial charge in [0.15, 0.2) is 29.8 Å². The molecule has 2 unspecified atom stereocenters. The number of hydrogen-bond acceptors (Lipinski definition) is 13. The van der Waals surface area contributed by atoms with E-state index < -0.39 is 74.5 Å². The molecule has 45 heavy (non-hydrogen) atoms. The van der Waals surface area contributed by atoms with Gasteiger partial charge in [-0.1, -0.05) is 0 Å². The second-order valence-electron chi connectivity index (χ2n) is 11.8. The quantitative estimate of drug-likeness (QED) is 0.286. The van der Waals surface area contributed by atoms with E-state index in [-0.39, 0.29) is 50.1 Å². The molecule has 246 valence electrons. The van der Waals surface area contributed by atoms with E-state index in [0.29, 0.717) is 11.5 Å². The van der Waals surface area contributed by atoms with Crippen molar-refractivity contribution >= 4 is 13.8 Å². The van der Waals surface area contributed by atoms with E-state index in [1.54, 1.807) is 13.0 Å². The standard InChI is InChI=1S/C29H35O15P/c1-12-37-10-22-27(41-12)17(30)8-23(42-22)43-26-15-7-19-18(39-11-40-19)6-14(15)24(25-16(26)9-38-29(25)31)13-4-20(35-2)28(21(5-13)36-3)44-45(32,33)34/h4,6-7,12-13,16-17,22-27,30H,5,8-11H2,1-3H3,(H2,32,33,34)/t12-,13?,16-,17-,22?,23+,24-,25+,26-,27+/m1/s1. The highest BCUT2D eigenvalue weighted by Crippen LogP contribution is 2.58. The van der Waals surface area contributed by atoms with E-state index in [4.69, 9.17) is 47.2 Å². The van der Waals surface area contributed by atoms with E-state index in [1.807, 2.05) is 12.1 Å². The monoisotopic (exact) mass is 654 g/mol. The van der Waals surface area contributed by atoms with E-state index in [1.165, 1.54) is 14.2 Å². The van der Waals surface area contributed by atoms with Crippen LogP contribution in [-0.2, 0) is 47.0 Å². The highest BCUT2D eigenvalue weighted by molar-refractivity contribution is 7.46. The number of ether oxygens (including phenoxy) is 9. The number of fused-ring (bicyclic) bond motifs is 4. The second-order valence-corrected chi connectivity index (χ2v) is 13.0. The van der Waals surface area contributed by atoms with Gasteiger partial charge in [-0.3, -0.25) is 14.6 Å². The van der Waals surface area contributed by atoms with Crippen molar-refractivity contribution in [2.24, 2.45) is 17.8 Å². The molecular weight excluding hydrogens is 619 g/mol. The second kappa shape index (κ2) is 11.7. The highest BCUT2D eigenvalue weighted by Gasteiger charge is 2.56. The number of aliphatic hydroxyl groups excluding tert-OH is 1. The van der Waals surface area contributed by atoms with Gasteiger partial charge in [-0.15, -0.1) is 0 Å². The molecular formula is C29H35O15P. The average molecular weight is 655 g/mol. The van der Waals surface area contributed by atoms with Gasteiger partial charge in [0.1, 0.15) is 18.0 Å². The predicted molar refractivity (Wildman–Crippen MR) is 147 cm³/mol. The van der Waals surface area contributed by atoms with Crippen LogP contribution in [0.4, 0.5) is 0 Å². The molecule has 6 aliphatic rings. The molecule has 3 fully saturated rings. The summed E-state index contributed by atoms with van der Waals surface area (Å²) in [6.45, 7) is 2.10. The Balaban J connectivity index is 1.26. The first-order chi connectivity index (χ1) is 21.5. The fourth-order valence-corrected chi connectivity index (χ4v) is 7.79. The van der Waals surface area contributed by atoms with Crippen LogP contribution in [0.1, 0.15) is 42.9 Å². The zero-order valence-electron chi connectivity index (χ0n) is 24.7. The number of carbonyl (C=O) groups is 1. The zero-order chi connectivity index (χ0) is 31.6. The Bertz CT molecular complexity index is 1450. The van der Waals surface area contributed by atoms with Crippen molar-refractivity contribution in [1.29, 1.82) is 0 Å². The lowest BCUT2D eigenvalue weighted by Crippen LogP contribution is -2.56. The Labute approximate surface area is 258 Å². The van der Waals surface area contributed by atoms with Crippen LogP contribution < -0.4 is 9.47 Å². The molecule has 4 aliphatic heterocycles. The summed E-state index contributed by atoms with van der Waals surface area (Å²) in [6.07, 6.45) is -1.95. The molecule has 10 atom stereocenters. The van der Waals surface area contributed by atoms with Crippen LogP contribution in [-0.4, -0.2) is 86.0 Å². The molecule has 3 saturated heterocycles. The van der Waals surface area contributed by atoms with E-state index in [0.717, 1.165) is 11.1 Å². The molecule has 0 amide bonds. The van der Waals surface area contributed by atoms with Gasteiger partial charge in [-0.25, -0.2) is 4.57 Å². The maximum absolute atomic E-state index is 13.5. The number of cyclic esters (lactones) is 1. The molecule has 15 nitrogen and oxygen atoms in total. The zero-order valence-corrected chi connectivity index (χ0v) is 25.6. The number of esters is 1. The average Bonchev–Trinajstić information content (AvgIpc) is 3.62. The predicted octanol–water partition coefficient (Wildman–Crippen LogP) is 2.11. The van der Waals surface area contributed by atoms with Crippen molar-refractivity contribution in [2.75, 3.05) is 34.2 Å². The first-order valence-corrected chi connectivity index (χ1v) is 16.2. The van der Waals surface area contributed by atoms with Gasteiger partial charge in [-0.05, 0) is 42.2 Å². The summed E-state index contributed by atoms with van der Waals surface area (Å²) >= 11 is 0. The van der Waals surface area contributed by atoms with Gasteiger partial charge in [0.25, 0.3) is 0 Å². The summed E-state index contributed by atoms with van der Waals surface area (Å²) in [6, 6.07) is 3.67. The molecule has 0 aromatic heterocycles. The molecule has 0 bridgehead atoms. The van der Waals surface area contributed by atoms with Gasteiger partial charge in [-0.2, -0.15) is 0 Å². The van der Waals surface area contributed by atoms with E-state index in [2.05, 4.69) is 0 Å². The van der Waals surface area contributed by atoms with Crippen molar-refractivity contribution in [3.8, 4) is 11.5 Å². The van der Waals surface area contributed by atoms with Crippen LogP contribution in [0.2, 0.25) is 0 Å². The summed E-state index contributed by atoms with van der Waals surface area (Å²) in [5.74, 6) is -1.50. The Morgan fingerprint density at radius 1 is 0.978 bits per heavy atom. The third-order valence-corrected chi connectivity index (χ3v) is 9.64. The summed E-state index contributed by atoms with van der Waals surface area (Å²) in [7, 11) is -2.23. The maximum atomic E-state index is 13.5. The minimum Gasteiger partial charge on any atom is -0.497 e. The summed E-state index contributed by atoms with van der Waals surface area (Å²) < 4.78 is 68.9. The largest absolute Gasteiger partial charge is 0.525 e. The lowest BCUT2D eigenvalue weighted by atomic mass is 9.63. The maximum Gasteiger partial charge on any atom is 0.525 e. The first-order valence-electron chi connectivity index (χ1n) is 14.7. The Kier molecular flexibility index (Phi) is 8.02. The number of aliphatic hydroxyl groups is 1. The number of phosphoric acid groups is 1. The SMILES string of the molecule is COC1=CC([C@@H]2c3cc4c(cc3[C@@H](O[C@H]3C[C@@H](O)[C@@H]5O[C@H](C)OCC5O3)[C@@H]3COC(=O)[C@@H]32)OCO4)CC(OC)=C1OP(=O)(O)O. The molecule has 3 N–H and O–H groups in total. The van der Waals surface area contributed by atoms with E-state index >= 15 is 0 Å². The lowest BCUT2D eigenvalue weighted by Gasteiger charge is -2.46. The van der Waals surface area contributed by atoms with Crippen molar-refractivity contribution < 1.29 is 71.4 Å². The van der Waals surface area contributed by atoms with Gasteiger partial charge >= 0.3 is 13.8 Å². The normalized spacial score (nSPS) is 37.2. The molecule has 16 heteroatoms.